The van der Waals surface area contributed by atoms with Gasteiger partial charge in [0, 0.05) is 18.7 Å². The predicted octanol–water partition coefficient (Wildman–Crippen LogP) is 8.27. The second kappa shape index (κ2) is 16.3. The fraction of sp³-hybridized carbons (Fsp3) is 0.571. The number of sulfonamides is 1. The summed E-state index contributed by atoms with van der Waals surface area (Å²) >= 11 is 0. The molecule has 0 radical (unpaired) electrons. The average Bonchev–Trinajstić information content (AvgIpc) is 2.87. The van der Waals surface area contributed by atoms with Crippen molar-refractivity contribution in [2.75, 3.05) is 10.8 Å². The van der Waals surface area contributed by atoms with E-state index in [4.69, 9.17) is 0 Å². The number of hydrogen-bond donors (Lipinski definition) is 0. The predicted molar refractivity (Wildman–Crippen MR) is 144 cm³/mol. The van der Waals surface area contributed by atoms with E-state index in [1.807, 2.05) is 18.2 Å². The minimum absolute atomic E-state index is 0.0670. The standard InChI is InChI=1S/C28H42N2O4S/c1-2-3-4-5-6-7-8-9-10-11-12-13-14-18-25-29(26-19-16-15-17-20-26)35(33,34)28-23-21-27(22-24-28)30(31)32/h15-17,19-24H,2-14,18,25H2,1H3. The second-order valence-corrected chi connectivity index (χ2v) is 11.1. The molecular weight excluding hydrogens is 460 g/mol. The van der Waals surface area contributed by atoms with Crippen LogP contribution in [0, 0.1) is 10.1 Å². The first kappa shape index (κ1) is 28.8. The number of nitrogens with zero attached hydrogens (tertiary/aromatic N) is 2. The highest BCUT2D eigenvalue weighted by atomic mass is 32.2. The molecule has 6 nitrogen and oxygen atoms in total. The van der Waals surface area contributed by atoms with Gasteiger partial charge in [-0.1, -0.05) is 109 Å². The highest BCUT2D eigenvalue weighted by Crippen LogP contribution is 2.26. The Labute approximate surface area is 212 Å². The van der Waals surface area contributed by atoms with Gasteiger partial charge in [0.1, 0.15) is 0 Å². The van der Waals surface area contributed by atoms with Gasteiger partial charge in [-0.3, -0.25) is 14.4 Å². The molecule has 0 amide bonds. The van der Waals surface area contributed by atoms with Crippen LogP contribution in [0.1, 0.15) is 96.8 Å². The molecule has 0 unspecified atom stereocenters. The molecule has 0 aliphatic heterocycles. The van der Waals surface area contributed by atoms with Crippen molar-refractivity contribution < 1.29 is 13.3 Å². The number of anilines is 1. The number of hydrogen-bond acceptors (Lipinski definition) is 4. The lowest BCUT2D eigenvalue weighted by molar-refractivity contribution is -0.384. The van der Waals surface area contributed by atoms with Gasteiger partial charge in [0.05, 0.1) is 15.5 Å². The molecule has 0 spiro atoms. The van der Waals surface area contributed by atoms with Crippen molar-refractivity contribution in [3.8, 4) is 0 Å². The van der Waals surface area contributed by atoms with Gasteiger partial charge >= 0.3 is 0 Å². The van der Waals surface area contributed by atoms with Crippen LogP contribution in [0.5, 0.6) is 0 Å². The van der Waals surface area contributed by atoms with Crippen LogP contribution in [0.2, 0.25) is 0 Å². The van der Waals surface area contributed by atoms with Crippen LogP contribution >= 0.6 is 0 Å². The van der Waals surface area contributed by atoms with E-state index < -0.39 is 14.9 Å². The number of non-ortho nitro benzene ring substituents is 1. The monoisotopic (exact) mass is 502 g/mol. The van der Waals surface area contributed by atoms with E-state index in [1.54, 1.807) is 12.1 Å². The van der Waals surface area contributed by atoms with E-state index in [-0.39, 0.29) is 10.6 Å². The number of nitro groups is 1. The van der Waals surface area contributed by atoms with Gasteiger partial charge < -0.3 is 0 Å². The number of unbranched alkanes of at least 4 members (excludes halogenated alkanes) is 13. The number of nitro benzene ring substituents is 1. The normalized spacial score (nSPS) is 11.5. The maximum Gasteiger partial charge on any atom is 0.269 e. The van der Waals surface area contributed by atoms with E-state index >= 15 is 0 Å². The molecule has 0 bridgehead atoms. The Morgan fingerprint density at radius 3 is 1.60 bits per heavy atom. The molecule has 0 heterocycles. The van der Waals surface area contributed by atoms with Crippen molar-refractivity contribution in [3.63, 3.8) is 0 Å². The second-order valence-electron chi connectivity index (χ2n) is 9.26. The van der Waals surface area contributed by atoms with E-state index in [9.17, 15) is 18.5 Å². The molecule has 35 heavy (non-hydrogen) atoms. The van der Waals surface area contributed by atoms with E-state index in [2.05, 4.69) is 6.92 Å². The van der Waals surface area contributed by atoms with Crippen molar-refractivity contribution in [2.45, 2.75) is 102 Å². The zero-order valence-corrected chi connectivity index (χ0v) is 22.1. The van der Waals surface area contributed by atoms with Crippen LogP contribution in [0.4, 0.5) is 11.4 Å². The lowest BCUT2D eigenvalue weighted by Crippen LogP contribution is -2.32. The summed E-state index contributed by atoms with van der Waals surface area (Å²) in [7, 11) is -3.80. The van der Waals surface area contributed by atoms with E-state index in [0.29, 0.717) is 12.2 Å². The fourth-order valence-electron chi connectivity index (χ4n) is 4.30. The quantitative estimate of drug-likeness (QED) is 0.110. The number of benzene rings is 2. The highest BCUT2D eigenvalue weighted by molar-refractivity contribution is 7.92. The summed E-state index contributed by atoms with van der Waals surface area (Å²) in [6.45, 7) is 2.64. The molecule has 0 atom stereocenters. The average molecular weight is 503 g/mol. The molecule has 2 aromatic carbocycles. The summed E-state index contributed by atoms with van der Waals surface area (Å²) < 4.78 is 28.1. The molecule has 0 N–H and O–H groups in total. The molecule has 0 aliphatic rings. The van der Waals surface area contributed by atoms with Gasteiger partial charge in [-0.2, -0.15) is 0 Å². The van der Waals surface area contributed by atoms with Gasteiger partial charge in [-0.15, -0.1) is 0 Å². The molecule has 7 heteroatoms. The van der Waals surface area contributed by atoms with Crippen molar-refractivity contribution >= 4 is 21.4 Å². The van der Waals surface area contributed by atoms with Crippen LogP contribution in [0.3, 0.4) is 0 Å². The molecule has 2 aromatic rings. The third kappa shape index (κ3) is 10.4. The van der Waals surface area contributed by atoms with Crippen LogP contribution in [-0.4, -0.2) is 19.9 Å². The first-order valence-corrected chi connectivity index (χ1v) is 14.7. The SMILES string of the molecule is CCCCCCCCCCCCCCCCN(c1ccccc1)S(=O)(=O)c1ccc([N+](=O)[O-])cc1. The van der Waals surface area contributed by atoms with Crippen LogP contribution in [-0.2, 0) is 10.0 Å². The van der Waals surface area contributed by atoms with E-state index in [0.717, 1.165) is 19.3 Å². The molecular formula is C28H42N2O4S. The molecule has 0 fully saturated rings. The van der Waals surface area contributed by atoms with Crippen LogP contribution in [0.15, 0.2) is 59.5 Å². The van der Waals surface area contributed by atoms with Gasteiger partial charge in [0.25, 0.3) is 15.7 Å². The topological polar surface area (TPSA) is 80.5 Å². The molecule has 0 aliphatic carbocycles. The Balaban J connectivity index is 1.75. The first-order chi connectivity index (χ1) is 17.0. The molecule has 0 aromatic heterocycles. The summed E-state index contributed by atoms with van der Waals surface area (Å²) in [6, 6.07) is 14.2. The van der Waals surface area contributed by atoms with Gasteiger partial charge in [-0.25, -0.2) is 8.42 Å². The van der Waals surface area contributed by atoms with Crippen LogP contribution in [0.25, 0.3) is 0 Å². The molecule has 2 rings (SSSR count). The maximum absolute atomic E-state index is 13.3. The highest BCUT2D eigenvalue weighted by Gasteiger charge is 2.25. The minimum atomic E-state index is -3.80. The van der Waals surface area contributed by atoms with Crippen molar-refractivity contribution in [1.29, 1.82) is 0 Å². The zero-order chi connectivity index (χ0) is 25.4. The van der Waals surface area contributed by atoms with Gasteiger partial charge in [0.15, 0.2) is 0 Å². The zero-order valence-electron chi connectivity index (χ0n) is 21.2. The lowest BCUT2D eigenvalue weighted by atomic mass is 10.0. The summed E-state index contributed by atoms with van der Waals surface area (Å²) in [4.78, 5) is 10.5. The Bertz CT molecular complexity index is 947. The minimum Gasteiger partial charge on any atom is -0.266 e. The Morgan fingerprint density at radius 2 is 1.14 bits per heavy atom. The summed E-state index contributed by atoms with van der Waals surface area (Å²) in [5.41, 5.74) is 0.489. The fourth-order valence-corrected chi connectivity index (χ4v) is 5.80. The summed E-state index contributed by atoms with van der Waals surface area (Å²) in [5, 5.41) is 10.9. The van der Waals surface area contributed by atoms with Gasteiger partial charge in [-0.05, 0) is 30.7 Å². The summed E-state index contributed by atoms with van der Waals surface area (Å²) in [6.07, 6.45) is 17.4. The van der Waals surface area contributed by atoms with Crippen LogP contribution < -0.4 is 4.31 Å². The largest absolute Gasteiger partial charge is 0.269 e. The third-order valence-corrected chi connectivity index (χ3v) is 8.24. The maximum atomic E-state index is 13.3. The Morgan fingerprint density at radius 1 is 0.686 bits per heavy atom. The first-order valence-electron chi connectivity index (χ1n) is 13.3. The lowest BCUT2D eigenvalue weighted by Gasteiger charge is -2.24. The van der Waals surface area contributed by atoms with Gasteiger partial charge in [0.2, 0.25) is 0 Å². The molecule has 194 valence electrons. The smallest absolute Gasteiger partial charge is 0.266 e. The van der Waals surface area contributed by atoms with Crippen molar-refractivity contribution in [3.05, 3.63) is 64.7 Å². The number of rotatable bonds is 19. The third-order valence-electron chi connectivity index (χ3n) is 6.39. The molecule has 0 saturated heterocycles. The summed E-state index contributed by atoms with van der Waals surface area (Å²) in [5.74, 6) is 0. The Kier molecular flexibility index (Phi) is 13.4. The van der Waals surface area contributed by atoms with E-state index in [1.165, 1.54) is 99.2 Å². The Hall–Kier alpha value is -2.41. The molecule has 0 saturated carbocycles. The van der Waals surface area contributed by atoms with Crippen molar-refractivity contribution in [2.24, 2.45) is 0 Å². The number of para-hydroxylation sites is 1. The van der Waals surface area contributed by atoms with Crippen molar-refractivity contribution in [1.82, 2.24) is 0 Å².